The van der Waals surface area contributed by atoms with Crippen molar-refractivity contribution in [2.24, 2.45) is 16.2 Å². The van der Waals surface area contributed by atoms with Gasteiger partial charge in [-0.15, -0.1) is 0 Å². The highest BCUT2D eigenvalue weighted by molar-refractivity contribution is 5.94. The Hall–Kier alpha value is -7.57. The number of carbonyl (C=O) groups excluding carboxylic acids is 3. The van der Waals surface area contributed by atoms with E-state index in [1.165, 1.54) is 15.2 Å². The van der Waals surface area contributed by atoms with Crippen LogP contribution in [0.1, 0.15) is 132 Å². The summed E-state index contributed by atoms with van der Waals surface area (Å²) >= 11 is 0. The molecule has 6 aromatic heterocycles. The van der Waals surface area contributed by atoms with Crippen molar-refractivity contribution in [3.63, 3.8) is 0 Å². The Kier molecular flexibility index (Phi) is 17.3. The average Bonchev–Trinajstić information content (AvgIpc) is 3.95. The van der Waals surface area contributed by atoms with E-state index in [-0.39, 0.29) is 75.6 Å². The molecule has 6 heterocycles. The number of rotatable bonds is 11. The fourth-order valence-electron chi connectivity index (χ4n) is 8.18. The largest absolute Gasteiger partial charge is 0.296 e. The topological polar surface area (TPSA) is 179 Å². The minimum atomic E-state index is -0.765. The predicted octanol–water partition coefficient (Wildman–Crippen LogP) is 13.4. The number of nitrogens with one attached hydrogen (secondary N) is 3. The van der Waals surface area contributed by atoms with Gasteiger partial charge in [0.05, 0.1) is 11.4 Å². The fourth-order valence-corrected chi connectivity index (χ4v) is 8.18. The smallest absolute Gasteiger partial charge is 0.227 e. The van der Waals surface area contributed by atoms with Crippen LogP contribution in [0.15, 0.2) is 72.8 Å². The quantitative estimate of drug-likeness (QED) is 0.106. The van der Waals surface area contributed by atoms with Crippen molar-refractivity contribution >= 4 is 69.1 Å². The number of imidazole rings is 3. The number of benzene rings is 2. The van der Waals surface area contributed by atoms with Gasteiger partial charge in [0.25, 0.3) is 0 Å². The summed E-state index contributed by atoms with van der Waals surface area (Å²) in [5.41, 5.74) is 5.07. The van der Waals surface area contributed by atoms with E-state index in [1.54, 1.807) is 38.1 Å². The predicted molar refractivity (Wildman–Crippen MR) is 292 cm³/mol. The molecule has 2 aromatic carbocycles. The zero-order chi connectivity index (χ0) is 56.2. The van der Waals surface area contributed by atoms with E-state index in [2.05, 4.69) is 87.4 Å². The van der Waals surface area contributed by atoms with E-state index in [0.29, 0.717) is 46.1 Å². The summed E-state index contributed by atoms with van der Waals surface area (Å²) in [4.78, 5) is 64.0. The first-order valence-electron chi connectivity index (χ1n) is 25.3. The van der Waals surface area contributed by atoms with Gasteiger partial charge >= 0.3 is 0 Å². The molecule has 0 spiro atoms. The molecule has 0 atom stereocenters. The SMILES string of the molecule is CCC(C)(CC)CC(=O)Nc1nc2ccc(C)nc2n1C(C)(C)C.Cc1ccc2nc(NC(=O)CC(C)(C)C)n(-c3cc(F)ccc3F)c2n1.Cc1ccc2nc(NC(=O)CC(C)(C)C)n(-c3ccc(F)cc3F)c2n1. The van der Waals surface area contributed by atoms with E-state index < -0.39 is 23.3 Å². The van der Waals surface area contributed by atoms with Crippen LogP contribution in [0.25, 0.3) is 44.9 Å². The molecule has 3 amide bonds. The molecule has 0 aliphatic rings. The van der Waals surface area contributed by atoms with Gasteiger partial charge in [0.15, 0.2) is 16.9 Å². The lowest BCUT2D eigenvalue weighted by atomic mass is 9.81. The zero-order valence-corrected chi connectivity index (χ0v) is 46.2. The van der Waals surface area contributed by atoms with Crippen LogP contribution >= 0.6 is 0 Å². The number of halogens is 4. The molecule has 0 bridgehead atoms. The monoisotopic (exact) mass is 1050 g/mol. The molecule has 8 aromatic rings. The van der Waals surface area contributed by atoms with E-state index in [1.807, 2.05) is 65.2 Å². The minimum absolute atomic E-state index is 0.0127. The lowest BCUT2D eigenvalue weighted by molar-refractivity contribution is -0.119. The van der Waals surface area contributed by atoms with Crippen LogP contribution in [0, 0.1) is 60.3 Å². The fraction of sp³-hybridized carbons (Fsp3) is 0.421. The second-order valence-electron chi connectivity index (χ2n) is 22.9. The molecule has 404 valence electrons. The highest BCUT2D eigenvalue weighted by Gasteiger charge is 2.28. The molecule has 0 aliphatic carbocycles. The standard InChI is InChI=1S/2C19H20F2N4O.C19H30N4O/c1-11-5-8-14-17(22-11)25(15-9-12(20)6-7-13(15)21)18(23-14)24-16(26)10-19(2,3)4;1-11-5-7-14-17(22-11)25(15-8-6-12(20)9-13(15)21)18(23-14)24-16(26)10-19(2,3)4;1-8-19(7,9-2)12-15(24)22-17-21-14-11-10-13(3)20-16(14)23(17)18(4,5)6/h2*5-9H,10H2,1-4H3,(H,23,24,26);10-11H,8-9,12H2,1-7H3,(H,21,22,24). The molecular weight excluding hydrogens is 977 g/mol. The lowest BCUT2D eigenvalue weighted by Crippen LogP contribution is -2.28. The van der Waals surface area contributed by atoms with Crippen molar-refractivity contribution in [1.82, 2.24) is 43.6 Å². The van der Waals surface area contributed by atoms with Crippen LogP contribution in [0.2, 0.25) is 0 Å². The first kappa shape index (κ1) is 57.7. The summed E-state index contributed by atoms with van der Waals surface area (Å²) in [6.45, 7) is 29.9. The molecular formula is C57H70F4N12O3. The summed E-state index contributed by atoms with van der Waals surface area (Å²) < 4.78 is 60.6. The number of carbonyl (C=O) groups is 3. The van der Waals surface area contributed by atoms with Gasteiger partial charge in [-0.3, -0.25) is 44.0 Å². The van der Waals surface area contributed by atoms with E-state index in [0.717, 1.165) is 60.0 Å². The molecule has 15 nitrogen and oxygen atoms in total. The Morgan fingerprint density at radius 3 is 1.30 bits per heavy atom. The van der Waals surface area contributed by atoms with Gasteiger partial charge in [-0.2, -0.15) is 0 Å². The molecule has 0 radical (unpaired) electrons. The third-order valence-corrected chi connectivity index (χ3v) is 12.3. The van der Waals surface area contributed by atoms with Crippen LogP contribution in [-0.2, 0) is 19.9 Å². The van der Waals surface area contributed by atoms with E-state index in [4.69, 9.17) is 0 Å². The number of pyridine rings is 3. The van der Waals surface area contributed by atoms with Crippen LogP contribution in [0.4, 0.5) is 35.4 Å². The van der Waals surface area contributed by atoms with Gasteiger partial charge in [-0.1, -0.05) is 75.2 Å². The zero-order valence-electron chi connectivity index (χ0n) is 46.2. The van der Waals surface area contributed by atoms with Gasteiger partial charge in [0.2, 0.25) is 35.6 Å². The van der Waals surface area contributed by atoms with E-state index >= 15 is 0 Å². The summed E-state index contributed by atoms with van der Waals surface area (Å²) in [6, 6.07) is 17.3. The van der Waals surface area contributed by atoms with Gasteiger partial charge in [0, 0.05) is 54.0 Å². The normalized spacial score (nSPS) is 12.0. The summed E-state index contributed by atoms with van der Waals surface area (Å²) in [5, 5.41) is 8.46. The first-order valence-corrected chi connectivity index (χ1v) is 25.3. The van der Waals surface area contributed by atoms with Gasteiger partial charge in [0.1, 0.15) is 39.8 Å². The van der Waals surface area contributed by atoms with E-state index in [9.17, 15) is 31.9 Å². The maximum Gasteiger partial charge on any atom is 0.227 e. The molecule has 0 saturated carbocycles. The number of anilines is 3. The third kappa shape index (κ3) is 14.4. The maximum atomic E-state index is 14.4. The molecule has 0 fully saturated rings. The second kappa shape index (κ2) is 22.7. The second-order valence-corrected chi connectivity index (χ2v) is 22.9. The van der Waals surface area contributed by atoms with Crippen molar-refractivity contribution in [3.05, 3.63) is 113 Å². The van der Waals surface area contributed by atoms with Crippen molar-refractivity contribution in [3.8, 4) is 11.4 Å². The Labute approximate surface area is 441 Å². The van der Waals surface area contributed by atoms with Crippen molar-refractivity contribution in [2.75, 3.05) is 16.0 Å². The third-order valence-electron chi connectivity index (χ3n) is 12.3. The number of hydrogen-bond donors (Lipinski definition) is 3. The average molecular weight is 1050 g/mol. The molecule has 3 N–H and O–H groups in total. The minimum Gasteiger partial charge on any atom is -0.296 e. The molecule has 8 rings (SSSR count). The van der Waals surface area contributed by atoms with Crippen molar-refractivity contribution < 1.29 is 31.9 Å². The van der Waals surface area contributed by atoms with Crippen LogP contribution in [0.5, 0.6) is 0 Å². The maximum absolute atomic E-state index is 14.4. The number of aromatic nitrogens is 9. The summed E-state index contributed by atoms with van der Waals surface area (Å²) in [5.74, 6) is -2.33. The number of fused-ring (bicyclic) bond motifs is 3. The first-order chi connectivity index (χ1) is 35.4. The summed E-state index contributed by atoms with van der Waals surface area (Å²) in [6.07, 6.45) is 2.99. The Bertz CT molecular complexity index is 3430. The molecule has 0 aliphatic heterocycles. The lowest BCUT2D eigenvalue weighted by Gasteiger charge is -2.27. The molecule has 19 heteroatoms. The molecule has 76 heavy (non-hydrogen) atoms. The Morgan fingerprint density at radius 2 is 0.855 bits per heavy atom. The number of amides is 3. The summed E-state index contributed by atoms with van der Waals surface area (Å²) in [7, 11) is 0. The molecule has 0 unspecified atom stereocenters. The van der Waals surface area contributed by atoms with Crippen molar-refractivity contribution in [2.45, 2.75) is 141 Å². The van der Waals surface area contributed by atoms with Crippen LogP contribution in [-0.4, -0.2) is 61.3 Å². The number of hydrogen-bond acceptors (Lipinski definition) is 9. The molecule has 0 saturated heterocycles. The number of nitrogens with zero attached hydrogens (tertiary/aromatic N) is 9. The van der Waals surface area contributed by atoms with Crippen LogP contribution < -0.4 is 16.0 Å². The highest BCUT2D eigenvalue weighted by atomic mass is 19.1. The Balaban J connectivity index is 0.000000185. The van der Waals surface area contributed by atoms with Crippen molar-refractivity contribution in [1.29, 1.82) is 0 Å². The van der Waals surface area contributed by atoms with Gasteiger partial charge in [-0.05, 0) is 118 Å². The number of aryl methyl sites for hydroxylation is 3. The van der Waals surface area contributed by atoms with Gasteiger partial charge in [-0.25, -0.2) is 47.5 Å². The Morgan fingerprint density at radius 1 is 0.461 bits per heavy atom. The van der Waals surface area contributed by atoms with Crippen LogP contribution in [0.3, 0.4) is 0 Å². The van der Waals surface area contributed by atoms with Gasteiger partial charge < -0.3 is 0 Å². The highest BCUT2D eigenvalue weighted by Crippen LogP contribution is 2.33.